The van der Waals surface area contributed by atoms with E-state index < -0.39 is 5.60 Å². The molecule has 0 bridgehead atoms. The lowest BCUT2D eigenvalue weighted by Gasteiger charge is -2.34. The van der Waals surface area contributed by atoms with Crippen molar-refractivity contribution in [3.8, 4) is 0 Å². The van der Waals surface area contributed by atoms with E-state index in [1.54, 1.807) is 4.90 Å². The summed E-state index contributed by atoms with van der Waals surface area (Å²) in [5, 5.41) is 0. The van der Waals surface area contributed by atoms with Gasteiger partial charge >= 0.3 is 6.09 Å². The summed E-state index contributed by atoms with van der Waals surface area (Å²) in [6.07, 6.45) is 4.50. The van der Waals surface area contributed by atoms with Gasteiger partial charge in [-0.2, -0.15) is 0 Å². The molecule has 94 valence electrons. The zero-order chi connectivity index (χ0) is 12.3. The number of amides is 1. The van der Waals surface area contributed by atoms with Crippen molar-refractivity contribution < 1.29 is 9.53 Å². The molecule has 2 atom stereocenters. The molecule has 0 N–H and O–H groups in total. The summed E-state index contributed by atoms with van der Waals surface area (Å²) >= 11 is 2.48. The second-order valence-electron chi connectivity index (χ2n) is 5.51. The van der Waals surface area contributed by atoms with Gasteiger partial charge in [0.15, 0.2) is 0 Å². The molecular weight excluding hydrogens is 317 g/mol. The smallest absolute Gasteiger partial charge is 0.410 e. The molecule has 0 aromatic heterocycles. The van der Waals surface area contributed by atoms with Crippen molar-refractivity contribution in [2.45, 2.75) is 62.0 Å². The zero-order valence-electron chi connectivity index (χ0n) is 10.6. The minimum absolute atomic E-state index is 0.192. The van der Waals surface area contributed by atoms with Gasteiger partial charge in [0.2, 0.25) is 0 Å². The third-order valence-electron chi connectivity index (χ3n) is 2.81. The summed E-state index contributed by atoms with van der Waals surface area (Å²) in [5.41, 5.74) is -0.399. The van der Waals surface area contributed by atoms with Gasteiger partial charge < -0.3 is 9.64 Å². The molecule has 0 aromatic rings. The molecule has 3 nitrogen and oxygen atoms in total. The molecule has 4 heteroatoms. The Morgan fingerprint density at radius 2 is 2.00 bits per heavy atom. The van der Waals surface area contributed by atoms with Crippen molar-refractivity contribution in [3.05, 3.63) is 0 Å². The summed E-state index contributed by atoms with van der Waals surface area (Å²) in [4.78, 5) is 13.6. The Bertz CT molecular complexity index is 250. The largest absolute Gasteiger partial charge is 0.444 e. The molecule has 1 rings (SSSR count). The first-order valence-electron chi connectivity index (χ1n) is 5.89. The number of carbonyl (C=O) groups is 1. The van der Waals surface area contributed by atoms with Crippen LogP contribution in [0, 0.1) is 0 Å². The van der Waals surface area contributed by atoms with Gasteiger partial charge in [-0.1, -0.05) is 29.0 Å². The van der Waals surface area contributed by atoms with Crippen LogP contribution >= 0.6 is 22.6 Å². The van der Waals surface area contributed by atoms with Crippen molar-refractivity contribution in [1.82, 2.24) is 4.90 Å². The summed E-state index contributed by atoms with van der Waals surface area (Å²) in [6.45, 7) is 5.71. The van der Waals surface area contributed by atoms with E-state index in [1.165, 1.54) is 12.8 Å². The molecule has 2 unspecified atom stereocenters. The fourth-order valence-electron chi connectivity index (χ4n) is 1.94. The first-order valence-corrected chi connectivity index (χ1v) is 7.14. The van der Waals surface area contributed by atoms with Crippen LogP contribution in [-0.2, 0) is 4.74 Å². The number of nitrogens with zero attached hydrogens (tertiary/aromatic N) is 1. The first-order chi connectivity index (χ1) is 7.29. The first kappa shape index (κ1) is 14.1. The zero-order valence-corrected chi connectivity index (χ0v) is 12.8. The molecule has 16 heavy (non-hydrogen) atoms. The number of rotatable bonds is 1. The lowest BCUT2D eigenvalue weighted by Crippen LogP contribution is -2.43. The van der Waals surface area contributed by atoms with E-state index in [9.17, 15) is 4.79 Å². The van der Waals surface area contributed by atoms with Crippen LogP contribution in [0.1, 0.15) is 46.5 Å². The maximum absolute atomic E-state index is 11.9. The molecule has 1 amide bonds. The Balaban J connectivity index is 2.49. The third kappa shape index (κ3) is 4.47. The Morgan fingerprint density at radius 3 is 2.50 bits per heavy atom. The van der Waals surface area contributed by atoms with Crippen LogP contribution in [0.4, 0.5) is 4.79 Å². The third-order valence-corrected chi connectivity index (χ3v) is 3.94. The number of hydrogen-bond donors (Lipinski definition) is 0. The van der Waals surface area contributed by atoms with Gasteiger partial charge in [-0.25, -0.2) is 4.79 Å². The van der Waals surface area contributed by atoms with Crippen molar-refractivity contribution in [2.24, 2.45) is 0 Å². The van der Waals surface area contributed by atoms with E-state index in [0.717, 1.165) is 12.8 Å². The normalized spacial score (nSPS) is 26.3. The number of alkyl halides is 1. The van der Waals surface area contributed by atoms with E-state index in [1.807, 2.05) is 27.8 Å². The van der Waals surface area contributed by atoms with Gasteiger partial charge in [0.25, 0.3) is 0 Å². The van der Waals surface area contributed by atoms with Crippen LogP contribution in [0.15, 0.2) is 0 Å². The number of carbonyl (C=O) groups excluding carboxylic acids is 1. The Hall–Kier alpha value is 0. The fraction of sp³-hybridized carbons (Fsp3) is 0.917. The van der Waals surface area contributed by atoms with Gasteiger partial charge in [-0.15, -0.1) is 0 Å². The Morgan fingerprint density at radius 1 is 1.38 bits per heavy atom. The maximum Gasteiger partial charge on any atom is 0.410 e. The van der Waals surface area contributed by atoms with Gasteiger partial charge in [-0.05, 0) is 40.0 Å². The Labute approximate surface area is 112 Å². The van der Waals surface area contributed by atoms with E-state index in [-0.39, 0.29) is 6.09 Å². The van der Waals surface area contributed by atoms with Crippen LogP contribution in [0.2, 0.25) is 0 Å². The SMILES string of the molecule is CN(C(=O)OC(C)(C)C)C1CCCC(I)C1. The number of halogens is 1. The van der Waals surface area contributed by atoms with Gasteiger partial charge in [-0.3, -0.25) is 0 Å². The molecule has 0 aromatic carbocycles. The van der Waals surface area contributed by atoms with Crippen molar-refractivity contribution in [3.63, 3.8) is 0 Å². The molecule has 0 radical (unpaired) electrons. The molecule has 1 aliphatic rings. The van der Waals surface area contributed by atoms with Crippen molar-refractivity contribution in [2.75, 3.05) is 7.05 Å². The molecule has 0 heterocycles. The van der Waals surface area contributed by atoms with Crippen LogP contribution in [0.5, 0.6) is 0 Å². The maximum atomic E-state index is 11.9. The predicted molar refractivity (Wildman–Crippen MR) is 74.1 cm³/mol. The highest BCUT2D eigenvalue weighted by Crippen LogP contribution is 2.28. The van der Waals surface area contributed by atoms with E-state index in [0.29, 0.717) is 9.97 Å². The summed E-state index contributed by atoms with van der Waals surface area (Å²) in [6, 6.07) is 0.352. The van der Waals surface area contributed by atoms with E-state index in [2.05, 4.69) is 22.6 Å². The van der Waals surface area contributed by atoms with Crippen molar-refractivity contribution in [1.29, 1.82) is 0 Å². The topological polar surface area (TPSA) is 29.5 Å². The molecular formula is C12H22INO2. The fourth-order valence-corrected chi connectivity index (χ4v) is 2.97. The molecule has 0 aliphatic heterocycles. The summed E-state index contributed by atoms with van der Waals surface area (Å²) in [5.74, 6) is 0. The molecule has 1 fully saturated rings. The number of ether oxygens (including phenoxy) is 1. The van der Waals surface area contributed by atoms with E-state index >= 15 is 0 Å². The van der Waals surface area contributed by atoms with Crippen LogP contribution < -0.4 is 0 Å². The minimum Gasteiger partial charge on any atom is -0.444 e. The highest BCUT2D eigenvalue weighted by molar-refractivity contribution is 14.1. The minimum atomic E-state index is -0.399. The molecule has 0 spiro atoms. The van der Waals surface area contributed by atoms with Gasteiger partial charge in [0.1, 0.15) is 5.60 Å². The van der Waals surface area contributed by atoms with Crippen LogP contribution in [-0.4, -0.2) is 33.6 Å². The average molecular weight is 339 g/mol. The molecule has 0 saturated heterocycles. The highest BCUT2D eigenvalue weighted by Gasteiger charge is 2.28. The molecule has 1 saturated carbocycles. The monoisotopic (exact) mass is 339 g/mol. The summed E-state index contributed by atoms with van der Waals surface area (Å²) < 4.78 is 6.07. The van der Waals surface area contributed by atoms with Crippen LogP contribution in [0.3, 0.4) is 0 Å². The quantitative estimate of drug-likeness (QED) is 0.540. The van der Waals surface area contributed by atoms with E-state index in [4.69, 9.17) is 4.74 Å². The standard InChI is InChI=1S/C12H22INO2/c1-12(2,3)16-11(15)14(4)10-7-5-6-9(13)8-10/h9-10H,5-8H2,1-4H3. The lowest BCUT2D eigenvalue weighted by atomic mass is 9.95. The lowest BCUT2D eigenvalue weighted by molar-refractivity contribution is 0.0193. The summed E-state index contributed by atoms with van der Waals surface area (Å²) in [7, 11) is 1.85. The predicted octanol–water partition coefficient (Wildman–Crippen LogP) is 3.60. The van der Waals surface area contributed by atoms with Crippen LogP contribution in [0.25, 0.3) is 0 Å². The Kier molecular flexibility index (Phi) is 4.88. The second kappa shape index (κ2) is 5.56. The average Bonchev–Trinajstić information content (AvgIpc) is 2.14. The molecule has 1 aliphatic carbocycles. The second-order valence-corrected chi connectivity index (χ2v) is 7.27. The highest BCUT2D eigenvalue weighted by atomic mass is 127. The van der Waals surface area contributed by atoms with Gasteiger partial charge in [0.05, 0.1) is 0 Å². The number of hydrogen-bond acceptors (Lipinski definition) is 2. The van der Waals surface area contributed by atoms with Crippen molar-refractivity contribution >= 4 is 28.7 Å². The van der Waals surface area contributed by atoms with Gasteiger partial charge in [0, 0.05) is 17.0 Å².